The second-order valence-corrected chi connectivity index (χ2v) is 8.68. The summed E-state index contributed by atoms with van der Waals surface area (Å²) in [6.07, 6.45) is 3.55. The van der Waals surface area contributed by atoms with Crippen molar-refractivity contribution in [1.82, 2.24) is 15.2 Å². The molecule has 3 aliphatic rings. The van der Waals surface area contributed by atoms with E-state index in [2.05, 4.69) is 34.4 Å². The number of carbonyl (C=O) groups excluding carboxylic acids is 2. The Morgan fingerprint density at radius 1 is 1.33 bits per heavy atom. The molecule has 1 unspecified atom stereocenters. The van der Waals surface area contributed by atoms with Crippen LogP contribution in [-0.4, -0.2) is 85.9 Å². The fourth-order valence-electron chi connectivity index (χ4n) is 4.18. The third kappa shape index (κ3) is 4.58. The second kappa shape index (κ2) is 8.87. The topological polar surface area (TPSA) is 96.0 Å². The highest BCUT2D eigenvalue weighted by Gasteiger charge is 2.31. The molecule has 1 aromatic heterocycles. The van der Waals surface area contributed by atoms with Crippen molar-refractivity contribution in [2.75, 3.05) is 62.8 Å². The van der Waals surface area contributed by atoms with Gasteiger partial charge in [0.25, 0.3) is 5.91 Å². The maximum Gasteiger partial charge on any atom is 0.252 e. The van der Waals surface area contributed by atoms with Gasteiger partial charge in [0.1, 0.15) is 5.82 Å². The van der Waals surface area contributed by atoms with Gasteiger partial charge in [-0.15, -0.1) is 0 Å². The molecule has 9 heteroatoms. The average Bonchev–Trinajstić information content (AvgIpc) is 3.28. The number of pyridine rings is 1. The summed E-state index contributed by atoms with van der Waals surface area (Å²) in [5.41, 5.74) is 0.909. The van der Waals surface area contributed by atoms with Crippen LogP contribution in [0.1, 0.15) is 37.0 Å². The first-order valence-corrected chi connectivity index (χ1v) is 10.7. The molecule has 0 aromatic carbocycles. The van der Waals surface area contributed by atoms with Crippen molar-refractivity contribution in [3.8, 4) is 0 Å². The number of fused-ring (bicyclic) bond motifs is 1. The molecular formula is C21H31N5O4. The summed E-state index contributed by atoms with van der Waals surface area (Å²) in [4.78, 5) is 33.8. The van der Waals surface area contributed by atoms with Gasteiger partial charge in [-0.05, 0) is 32.8 Å². The molecule has 2 N–H and O–H groups in total. The summed E-state index contributed by atoms with van der Waals surface area (Å²) in [5, 5.41) is 6.07. The van der Waals surface area contributed by atoms with E-state index in [-0.39, 0.29) is 30.0 Å². The highest BCUT2D eigenvalue weighted by Crippen LogP contribution is 2.30. The maximum atomic E-state index is 12.8. The molecule has 9 nitrogen and oxygen atoms in total. The van der Waals surface area contributed by atoms with Crippen LogP contribution in [0.15, 0.2) is 12.3 Å². The molecule has 4 heterocycles. The van der Waals surface area contributed by atoms with Crippen LogP contribution in [0.5, 0.6) is 0 Å². The van der Waals surface area contributed by atoms with Crippen LogP contribution in [-0.2, 0) is 14.3 Å². The molecule has 3 aliphatic heterocycles. The first kappa shape index (κ1) is 21.0. The Labute approximate surface area is 177 Å². The number of rotatable bonds is 6. The highest BCUT2D eigenvalue weighted by atomic mass is 16.5. The molecule has 0 bridgehead atoms. The van der Waals surface area contributed by atoms with Crippen molar-refractivity contribution in [3.63, 3.8) is 0 Å². The minimum Gasteiger partial charge on any atom is -0.379 e. The van der Waals surface area contributed by atoms with Gasteiger partial charge in [0.2, 0.25) is 5.91 Å². The molecule has 4 rings (SSSR count). The number of nitrogens with one attached hydrogen (secondary N) is 2. The lowest BCUT2D eigenvalue weighted by atomic mass is 10.0. The molecule has 30 heavy (non-hydrogen) atoms. The van der Waals surface area contributed by atoms with Crippen LogP contribution >= 0.6 is 0 Å². The van der Waals surface area contributed by atoms with Gasteiger partial charge in [-0.1, -0.05) is 0 Å². The van der Waals surface area contributed by atoms with E-state index in [1.54, 1.807) is 17.2 Å². The monoisotopic (exact) mass is 417 g/mol. The van der Waals surface area contributed by atoms with Gasteiger partial charge in [-0.3, -0.25) is 14.5 Å². The molecule has 0 radical (unpaired) electrons. The Balaban J connectivity index is 1.45. The lowest BCUT2D eigenvalue weighted by Crippen LogP contribution is -2.55. The number of hydrogen-bond acceptors (Lipinski definition) is 7. The van der Waals surface area contributed by atoms with Gasteiger partial charge in [0.15, 0.2) is 0 Å². The first-order chi connectivity index (χ1) is 14.4. The Hall–Kier alpha value is -2.23. The van der Waals surface area contributed by atoms with E-state index in [0.717, 1.165) is 32.5 Å². The number of hydrogen-bond donors (Lipinski definition) is 2. The van der Waals surface area contributed by atoms with Crippen LogP contribution in [0.4, 0.5) is 11.5 Å². The van der Waals surface area contributed by atoms with E-state index in [1.807, 2.05) is 0 Å². The van der Waals surface area contributed by atoms with Crippen LogP contribution in [0.3, 0.4) is 0 Å². The van der Waals surface area contributed by atoms with E-state index in [0.29, 0.717) is 43.4 Å². The minimum absolute atomic E-state index is 0.0340. The number of anilines is 2. The Morgan fingerprint density at radius 2 is 2.13 bits per heavy atom. The summed E-state index contributed by atoms with van der Waals surface area (Å²) in [6.45, 7) is 9.32. The predicted molar refractivity (Wildman–Crippen MR) is 113 cm³/mol. The van der Waals surface area contributed by atoms with Crippen molar-refractivity contribution in [1.29, 1.82) is 0 Å². The number of morpholine rings is 1. The zero-order valence-corrected chi connectivity index (χ0v) is 17.8. The number of nitrogens with zero attached hydrogens (tertiary/aromatic N) is 3. The first-order valence-electron chi connectivity index (χ1n) is 10.7. The quantitative estimate of drug-likeness (QED) is 0.709. The van der Waals surface area contributed by atoms with Gasteiger partial charge in [0.05, 0.1) is 43.7 Å². The predicted octanol–water partition coefficient (Wildman–Crippen LogP) is 0.860. The van der Waals surface area contributed by atoms with Gasteiger partial charge in [-0.25, -0.2) is 4.98 Å². The summed E-state index contributed by atoms with van der Waals surface area (Å²) in [6, 6.07) is 1.75. The zero-order valence-electron chi connectivity index (χ0n) is 17.8. The molecule has 164 valence electrons. The number of carbonyl (C=O) groups is 2. The minimum atomic E-state index is -0.193. The third-order valence-electron chi connectivity index (χ3n) is 6.09. The average molecular weight is 418 g/mol. The molecule has 2 fully saturated rings. The largest absolute Gasteiger partial charge is 0.379 e. The van der Waals surface area contributed by atoms with Crippen molar-refractivity contribution < 1.29 is 19.1 Å². The lowest BCUT2D eigenvalue weighted by Gasteiger charge is -2.40. The van der Waals surface area contributed by atoms with E-state index in [9.17, 15) is 9.59 Å². The van der Waals surface area contributed by atoms with Crippen molar-refractivity contribution in [2.45, 2.75) is 38.3 Å². The highest BCUT2D eigenvalue weighted by molar-refractivity contribution is 6.04. The molecule has 1 aromatic rings. The Bertz CT molecular complexity index is 788. The van der Waals surface area contributed by atoms with E-state index >= 15 is 0 Å². The Kier molecular flexibility index (Phi) is 6.21. The fourth-order valence-corrected chi connectivity index (χ4v) is 4.18. The molecule has 0 saturated carbocycles. The number of ether oxygens (including phenoxy) is 2. The van der Waals surface area contributed by atoms with Crippen LogP contribution < -0.4 is 15.5 Å². The van der Waals surface area contributed by atoms with Gasteiger partial charge < -0.3 is 25.0 Å². The number of aromatic nitrogens is 1. The van der Waals surface area contributed by atoms with Crippen molar-refractivity contribution in [2.24, 2.45) is 0 Å². The second-order valence-electron chi connectivity index (χ2n) is 8.68. The third-order valence-corrected chi connectivity index (χ3v) is 6.09. The SMILES string of the molecule is CC(C)(CNC(=O)c1cnc2c(c1)N(CC1CCCO1)C(=O)CN2)N1CCOCC1. The molecule has 2 amide bonds. The smallest absolute Gasteiger partial charge is 0.252 e. The van der Waals surface area contributed by atoms with E-state index < -0.39 is 0 Å². The molecular weight excluding hydrogens is 386 g/mol. The van der Waals surface area contributed by atoms with Crippen LogP contribution in [0.25, 0.3) is 0 Å². The lowest BCUT2D eigenvalue weighted by molar-refractivity contribution is -0.117. The summed E-state index contributed by atoms with van der Waals surface area (Å²) in [5.74, 6) is 0.394. The van der Waals surface area contributed by atoms with E-state index in [4.69, 9.17) is 9.47 Å². The van der Waals surface area contributed by atoms with Crippen molar-refractivity contribution >= 4 is 23.3 Å². The van der Waals surface area contributed by atoms with Gasteiger partial charge in [0, 0.05) is 38.0 Å². The van der Waals surface area contributed by atoms with Gasteiger partial charge >= 0.3 is 0 Å². The molecule has 2 saturated heterocycles. The van der Waals surface area contributed by atoms with E-state index in [1.165, 1.54) is 0 Å². The molecule has 1 atom stereocenters. The normalized spacial score (nSPS) is 22.5. The zero-order chi connectivity index (χ0) is 21.1. The van der Waals surface area contributed by atoms with Crippen LogP contribution in [0.2, 0.25) is 0 Å². The summed E-state index contributed by atoms with van der Waals surface area (Å²) >= 11 is 0. The maximum absolute atomic E-state index is 12.8. The fraction of sp³-hybridized carbons (Fsp3) is 0.667. The molecule has 0 aliphatic carbocycles. The summed E-state index contributed by atoms with van der Waals surface area (Å²) in [7, 11) is 0. The van der Waals surface area contributed by atoms with Gasteiger partial charge in [-0.2, -0.15) is 0 Å². The van der Waals surface area contributed by atoms with Crippen LogP contribution in [0, 0.1) is 0 Å². The standard InChI is InChI=1S/C21H31N5O4/c1-21(2,25-5-8-29-9-6-25)14-24-20(28)15-10-17-19(22-11-15)23-12-18(27)26(17)13-16-4-3-7-30-16/h10-11,16H,3-9,12-14H2,1-2H3,(H,22,23)(H,24,28). The molecule has 0 spiro atoms. The Morgan fingerprint density at radius 3 is 2.87 bits per heavy atom. The van der Waals surface area contributed by atoms with Crippen molar-refractivity contribution in [3.05, 3.63) is 17.8 Å². The number of amides is 2. The summed E-state index contributed by atoms with van der Waals surface area (Å²) < 4.78 is 11.1.